The fourth-order valence-electron chi connectivity index (χ4n) is 12.5. The quantitative estimate of drug-likeness (QED) is 0.0427. The number of β-amino-alcohol motifs (C(OH)–C–C–N with tert-alkyl or cyclic N) is 1. The number of hydrogen-bond acceptors (Lipinski definition) is 19. The number of nitrogens with one attached hydrogen (secondary N) is 10. The van der Waals surface area contributed by atoms with E-state index in [0.717, 1.165) is 76.8 Å². The molecule has 5 heterocycles. The topological polar surface area (TPSA) is 255 Å². The van der Waals surface area contributed by atoms with E-state index in [4.69, 9.17) is 18.9 Å². The monoisotopic (exact) mass is 1090 g/mol. The Kier molecular flexibility index (Phi) is 25.0. The number of thioether (sulfide) groups is 1. The predicted octanol–water partition coefficient (Wildman–Crippen LogP) is 0.0896. The maximum atomic E-state index is 14.0. The number of aliphatic hydroxyl groups excluding tert-OH is 1. The van der Waals surface area contributed by atoms with Crippen LogP contribution in [0.25, 0.3) is 0 Å². The summed E-state index contributed by atoms with van der Waals surface area (Å²) in [5.41, 5.74) is 9.37. The minimum atomic E-state index is -0.921. The third-order valence-corrected chi connectivity index (χ3v) is 18.5. The molecule has 5 aliphatic heterocycles. The van der Waals surface area contributed by atoms with Crippen LogP contribution in [-0.2, 0) is 38.1 Å². The first-order valence-electron chi connectivity index (χ1n) is 29.2. The van der Waals surface area contributed by atoms with Crippen molar-refractivity contribution in [3.05, 3.63) is 0 Å². The van der Waals surface area contributed by atoms with Crippen molar-refractivity contribution in [2.75, 3.05) is 105 Å². The molecule has 0 aromatic rings. The molecule has 6 unspecified atom stereocenters. The van der Waals surface area contributed by atoms with Crippen LogP contribution >= 0.6 is 11.8 Å². The largest absolute Gasteiger partial charge is 0.391 e. The maximum absolute atomic E-state index is 14.0. The van der Waals surface area contributed by atoms with Crippen molar-refractivity contribution < 1.29 is 43.2 Å². The lowest BCUT2D eigenvalue weighted by Crippen LogP contribution is -2.66. The van der Waals surface area contributed by atoms with E-state index < -0.39 is 35.4 Å². The van der Waals surface area contributed by atoms with Gasteiger partial charge in [0.15, 0.2) is 0 Å². The minimum absolute atomic E-state index is 0.0116. The van der Waals surface area contributed by atoms with E-state index in [2.05, 4.69) is 79.4 Å². The third-order valence-electron chi connectivity index (χ3n) is 16.9. The molecule has 4 amide bonds. The molecule has 22 nitrogen and oxygen atoms in total. The van der Waals surface area contributed by atoms with Crippen LogP contribution in [0.4, 0.5) is 0 Å². The standard InChI is InChI=1S/C53H99N13O9S/c1-7-37(8-2)43-27-46(66-45(60-43)15-16-58-66)59-40-14-13-39(25-40)54-30-47(68)55-29-41-31-64(63-62-41)17-18-72-19-20-73-21-22-74-23-24-75-33-48(69)61-50(53(4,5)6)52(71)65-32-42(67)26-44(65)51(70)56-28-36-9-11-38(12-10-36)49-35(3)57-34-76-49/h35-46,49-50,54,57-60,62-63,67H,7-34H2,1-6H3,(H,55,68)(H,56,70)(H,61,69)/t35?,36?,38?,39-,40-,41?,42+,43?,44-,45?,46?,49?,50+/m0/s1. The minimum Gasteiger partial charge on any atom is -0.391 e. The Morgan fingerprint density at radius 3 is 2.21 bits per heavy atom. The lowest BCUT2D eigenvalue weighted by molar-refractivity contribution is -0.144. The Balaban J connectivity index is 0.658. The van der Waals surface area contributed by atoms with E-state index in [1.54, 1.807) is 0 Å². The number of hydrogen-bond donors (Lipinski definition) is 11. The predicted molar refractivity (Wildman–Crippen MR) is 293 cm³/mol. The van der Waals surface area contributed by atoms with Crippen LogP contribution in [0.1, 0.15) is 119 Å². The van der Waals surface area contributed by atoms with Crippen LogP contribution < -0.4 is 53.6 Å². The van der Waals surface area contributed by atoms with Crippen LogP contribution in [-0.4, -0.2) is 214 Å². The second kappa shape index (κ2) is 31.0. The zero-order valence-electron chi connectivity index (χ0n) is 46.8. The Labute approximate surface area is 457 Å². The molecule has 23 heteroatoms. The number of ether oxygens (including phenoxy) is 4. The summed E-state index contributed by atoms with van der Waals surface area (Å²) in [5, 5.41) is 39.7. The van der Waals surface area contributed by atoms with E-state index in [9.17, 15) is 24.3 Å². The van der Waals surface area contributed by atoms with Gasteiger partial charge in [-0.05, 0) is 87.9 Å². The highest BCUT2D eigenvalue weighted by atomic mass is 32.2. The van der Waals surface area contributed by atoms with Gasteiger partial charge in [-0.2, -0.15) is 5.53 Å². The molecule has 76 heavy (non-hydrogen) atoms. The zero-order valence-corrected chi connectivity index (χ0v) is 47.7. The Morgan fingerprint density at radius 1 is 0.803 bits per heavy atom. The van der Waals surface area contributed by atoms with Crippen molar-refractivity contribution >= 4 is 35.4 Å². The van der Waals surface area contributed by atoms with E-state index in [1.165, 1.54) is 17.7 Å². The van der Waals surface area contributed by atoms with Gasteiger partial charge in [-0.25, -0.2) is 15.4 Å². The number of carbonyl (C=O) groups is 4. The number of hydrazine groups is 3. The van der Waals surface area contributed by atoms with Crippen molar-refractivity contribution in [1.29, 1.82) is 0 Å². The first-order chi connectivity index (χ1) is 36.7. The summed E-state index contributed by atoms with van der Waals surface area (Å²) in [4.78, 5) is 54.7. The number of amides is 4. The summed E-state index contributed by atoms with van der Waals surface area (Å²) in [5.74, 6) is 1.74. The molecule has 0 bridgehead atoms. The van der Waals surface area contributed by atoms with Gasteiger partial charge in [-0.15, -0.1) is 11.8 Å². The molecular weight excluding hydrogens is 995 g/mol. The van der Waals surface area contributed by atoms with E-state index in [-0.39, 0.29) is 50.6 Å². The highest BCUT2D eigenvalue weighted by Gasteiger charge is 2.45. The molecule has 7 fully saturated rings. The second-order valence-electron chi connectivity index (χ2n) is 23.6. The van der Waals surface area contributed by atoms with E-state index in [0.29, 0.717) is 119 Å². The Morgan fingerprint density at radius 2 is 1.51 bits per heavy atom. The van der Waals surface area contributed by atoms with Gasteiger partial charge >= 0.3 is 0 Å². The van der Waals surface area contributed by atoms with Crippen molar-refractivity contribution in [2.45, 2.75) is 185 Å². The van der Waals surface area contributed by atoms with E-state index >= 15 is 0 Å². The first-order valence-corrected chi connectivity index (χ1v) is 30.2. The fourth-order valence-corrected chi connectivity index (χ4v) is 14.0. The molecule has 0 radical (unpaired) electrons. The summed E-state index contributed by atoms with van der Waals surface area (Å²) < 4.78 is 22.6. The molecule has 0 aromatic heterocycles. The second-order valence-corrected chi connectivity index (χ2v) is 24.8. The molecule has 5 saturated heterocycles. The Bertz CT molecular complexity index is 1780. The Hall–Kier alpha value is -2.33. The average molecular weight is 1090 g/mol. The third kappa shape index (κ3) is 18.6. The molecule has 2 saturated carbocycles. The van der Waals surface area contributed by atoms with Gasteiger partial charge < -0.3 is 55.5 Å². The van der Waals surface area contributed by atoms with Crippen molar-refractivity contribution in [1.82, 2.24) is 68.5 Å². The fraction of sp³-hybridized carbons (Fsp3) is 0.925. The van der Waals surface area contributed by atoms with Crippen molar-refractivity contribution in [3.63, 3.8) is 0 Å². The molecule has 7 rings (SSSR count). The summed E-state index contributed by atoms with van der Waals surface area (Å²) in [7, 11) is 0. The van der Waals surface area contributed by atoms with Gasteiger partial charge in [-0.3, -0.25) is 35.2 Å². The SMILES string of the molecule is CCC(CC)C1CC(N[C@H]2CC[C@H](NCC(=O)NCC3CN(CCOCCOCCOCCOCC(=O)N[C@H](C(=O)N4C[C@H](O)C[C@H]4C(=O)NCC4CCC(C5SCNC5C)CC4)C(C)(C)C)NN3)C2)N2NCCC2N1. The first kappa shape index (κ1) is 61.3. The van der Waals surface area contributed by atoms with Crippen molar-refractivity contribution in [3.8, 4) is 0 Å². The van der Waals surface area contributed by atoms with Crippen LogP contribution in [0.5, 0.6) is 0 Å². The summed E-state index contributed by atoms with van der Waals surface area (Å²) >= 11 is 2.02. The van der Waals surface area contributed by atoms with Gasteiger partial charge in [0.2, 0.25) is 23.6 Å². The lowest BCUT2D eigenvalue weighted by atomic mass is 9.79. The number of aliphatic hydroxyl groups is 1. The maximum Gasteiger partial charge on any atom is 0.246 e. The smallest absolute Gasteiger partial charge is 0.246 e. The van der Waals surface area contributed by atoms with Gasteiger partial charge in [0.05, 0.1) is 77.3 Å². The average Bonchev–Trinajstić information content (AvgIpc) is 4.28. The molecule has 436 valence electrons. The number of nitrogens with zero attached hydrogens (tertiary/aromatic N) is 3. The lowest BCUT2D eigenvalue weighted by Gasteiger charge is -2.45. The number of fused-ring (bicyclic) bond motifs is 1. The van der Waals surface area contributed by atoms with Gasteiger partial charge in [0.25, 0.3) is 0 Å². The van der Waals surface area contributed by atoms with Gasteiger partial charge in [0.1, 0.15) is 18.7 Å². The van der Waals surface area contributed by atoms with Crippen LogP contribution in [0.15, 0.2) is 0 Å². The highest BCUT2D eigenvalue weighted by Crippen LogP contribution is 2.39. The molecule has 11 atom stereocenters. The number of likely N-dealkylation sites (tertiary alicyclic amines) is 1. The molecule has 2 aliphatic carbocycles. The summed E-state index contributed by atoms with van der Waals surface area (Å²) in [6, 6.07) is 0.224. The molecule has 11 N–H and O–H groups in total. The van der Waals surface area contributed by atoms with Gasteiger partial charge in [-0.1, -0.05) is 47.5 Å². The molecule has 7 aliphatic rings. The summed E-state index contributed by atoms with van der Waals surface area (Å²) in [6.07, 6.45) is 12.4. The van der Waals surface area contributed by atoms with Crippen molar-refractivity contribution in [2.24, 2.45) is 23.2 Å². The zero-order chi connectivity index (χ0) is 54.0. The molecular formula is C53H99N13O9S. The normalized spacial score (nSPS) is 31.8. The van der Waals surface area contributed by atoms with Crippen LogP contribution in [0.3, 0.4) is 0 Å². The number of carbonyl (C=O) groups excluding carboxylic acids is 4. The molecule has 0 spiro atoms. The van der Waals surface area contributed by atoms with Crippen LogP contribution in [0, 0.1) is 23.2 Å². The van der Waals surface area contributed by atoms with Gasteiger partial charge in [0, 0.05) is 81.0 Å². The van der Waals surface area contributed by atoms with Crippen LogP contribution in [0.2, 0.25) is 0 Å². The summed E-state index contributed by atoms with van der Waals surface area (Å²) in [6.45, 7) is 18.7. The van der Waals surface area contributed by atoms with E-state index in [1.807, 2.05) is 37.5 Å². The molecule has 0 aromatic carbocycles. The number of rotatable bonds is 30. The highest BCUT2D eigenvalue weighted by molar-refractivity contribution is 8.00.